The van der Waals surface area contributed by atoms with E-state index in [2.05, 4.69) is 15.3 Å². The number of halogens is 2. The first-order chi connectivity index (χ1) is 11.5. The number of anilines is 1. The molecule has 2 rings (SSSR count). The molecule has 132 valence electrons. The van der Waals surface area contributed by atoms with Gasteiger partial charge in [0.15, 0.2) is 0 Å². The Bertz CT molecular complexity index is 714. The lowest BCUT2D eigenvalue weighted by molar-refractivity contribution is 0.208. The minimum Gasteiger partial charge on any atom is -0.403 e. The van der Waals surface area contributed by atoms with E-state index in [1.165, 1.54) is 0 Å². The summed E-state index contributed by atoms with van der Waals surface area (Å²) < 4.78 is 28.7. The van der Waals surface area contributed by atoms with Crippen molar-refractivity contribution in [2.45, 2.75) is 26.7 Å². The predicted octanol–water partition coefficient (Wildman–Crippen LogP) is 5.42. The number of nitrogens with one attached hydrogen (secondary N) is 1. The molecule has 0 bridgehead atoms. The van der Waals surface area contributed by atoms with Crippen LogP contribution in [0, 0.1) is 0 Å². The second-order valence-corrected chi connectivity index (χ2v) is 7.39. The summed E-state index contributed by atoms with van der Waals surface area (Å²) >= 11 is 12.0. The molecular formula is C14H18Cl2N3O4P. The summed E-state index contributed by atoms with van der Waals surface area (Å²) in [5.41, 5.74) is 0.514. The molecule has 0 radical (unpaired) electrons. The molecule has 0 spiro atoms. The maximum atomic E-state index is 12.6. The lowest BCUT2D eigenvalue weighted by Gasteiger charge is -2.17. The maximum Gasteiger partial charge on any atom is 0.436 e. The summed E-state index contributed by atoms with van der Waals surface area (Å²) in [4.78, 5) is 0. The molecule has 1 heterocycles. The molecule has 0 unspecified atom stereocenters. The van der Waals surface area contributed by atoms with E-state index in [0.717, 1.165) is 0 Å². The van der Waals surface area contributed by atoms with Gasteiger partial charge in [-0.05, 0) is 31.0 Å². The van der Waals surface area contributed by atoms with Crippen molar-refractivity contribution in [3.63, 3.8) is 0 Å². The molecule has 1 aromatic carbocycles. The normalized spacial score (nSPS) is 11.7. The van der Waals surface area contributed by atoms with Gasteiger partial charge in [0.2, 0.25) is 0 Å². The maximum absolute atomic E-state index is 12.6. The van der Waals surface area contributed by atoms with Crippen LogP contribution in [0.3, 0.4) is 0 Å². The summed E-state index contributed by atoms with van der Waals surface area (Å²) in [6.45, 7) is 4.35. The Morgan fingerprint density at radius 2 is 1.83 bits per heavy atom. The molecule has 0 aliphatic carbocycles. The standard InChI is InChI=1S/C14H18Cl2N3O4P/c1-3-7-21-24(20,22-8-4-2)19-14-18-17-13(23-14)11-6-5-10(15)9-12(11)16/h5-6,9H,3-4,7-8H2,1-2H3,(H,18,19,20). The number of aromatic nitrogens is 2. The molecule has 2 aromatic rings. The molecular weight excluding hydrogens is 376 g/mol. The molecule has 0 aliphatic heterocycles. The Balaban J connectivity index is 2.17. The van der Waals surface area contributed by atoms with Crippen molar-refractivity contribution in [2.75, 3.05) is 18.3 Å². The van der Waals surface area contributed by atoms with Gasteiger partial charge in [0, 0.05) is 5.02 Å². The fourth-order valence-electron chi connectivity index (χ4n) is 1.68. The smallest absolute Gasteiger partial charge is 0.403 e. The van der Waals surface area contributed by atoms with E-state index in [9.17, 15) is 4.57 Å². The van der Waals surface area contributed by atoms with Crippen LogP contribution in [0.4, 0.5) is 6.01 Å². The van der Waals surface area contributed by atoms with Crippen LogP contribution >= 0.6 is 30.9 Å². The van der Waals surface area contributed by atoms with E-state index in [1.807, 2.05) is 13.8 Å². The summed E-state index contributed by atoms with van der Waals surface area (Å²) in [6, 6.07) is 4.80. The van der Waals surface area contributed by atoms with Crippen molar-refractivity contribution in [1.29, 1.82) is 0 Å². The van der Waals surface area contributed by atoms with E-state index in [4.69, 9.17) is 36.7 Å². The van der Waals surface area contributed by atoms with E-state index in [-0.39, 0.29) is 25.1 Å². The van der Waals surface area contributed by atoms with Crippen LogP contribution in [0.15, 0.2) is 22.6 Å². The highest BCUT2D eigenvalue weighted by molar-refractivity contribution is 7.55. The highest BCUT2D eigenvalue weighted by Gasteiger charge is 2.27. The average molecular weight is 394 g/mol. The number of hydrogen-bond donors (Lipinski definition) is 1. The van der Waals surface area contributed by atoms with Crippen LogP contribution in [-0.2, 0) is 13.6 Å². The predicted molar refractivity (Wildman–Crippen MR) is 93.5 cm³/mol. The molecule has 10 heteroatoms. The summed E-state index contributed by atoms with van der Waals surface area (Å²) in [7, 11) is -3.57. The zero-order valence-electron chi connectivity index (χ0n) is 13.3. The molecule has 0 saturated carbocycles. The number of nitrogens with zero attached hydrogens (tertiary/aromatic N) is 2. The van der Waals surface area contributed by atoms with E-state index < -0.39 is 7.75 Å². The Morgan fingerprint density at radius 3 is 2.42 bits per heavy atom. The second-order valence-electron chi connectivity index (χ2n) is 4.81. The van der Waals surface area contributed by atoms with Crippen LogP contribution in [0.5, 0.6) is 0 Å². The first-order valence-electron chi connectivity index (χ1n) is 7.43. The van der Waals surface area contributed by atoms with Gasteiger partial charge in [-0.2, -0.15) is 0 Å². The van der Waals surface area contributed by atoms with Gasteiger partial charge in [0.05, 0.1) is 23.8 Å². The van der Waals surface area contributed by atoms with Crippen molar-refractivity contribution in [2.24, 2.45) is 0 Å². The van der Waals surface area contributed by atoms with Gasteiger partial charge in [0.25, 0.3) is 5.89 Å². The molecule has 0 aliphatic rings. The zero-order chi connectivity index (χ0) is 17.6. The summed E-state index contributed by atoms with van der Waals surface area (Å²) in [6.07, 6.45) is 1.38. The van der Waals surface area contributed by atoms with Gasteiger partial charge in [-0.3, -0.25) is 9.05 Å². The Labute approximate surface area is 150 Å². The van der Waals surface area contributed by atoms with Crippen molar-refractivity contribution < 1.29 is 18.0 Å². The third-order valence-electron chi connectivity index (χ3n) is 2.75. The second kappa shape index (κ2) is 8.83. The third kappa shape index (κ3) is 5.19. The van der Waals surface area contributed by atoms with Gasteiger partial charge >= 0.3 is 13.8 Å². The summed E-state index contributed by atoms with van der Waals surface area (Å²) in [5.74, 6) is 0.164. The van der Waals surface area contributed by atoms with Crippen molar-refractivity contribution >= 4 is 37.0 Å². The van der Waals surface area contributed by atoms with Crippen LogP contribution in [0.1, 0.15) is 26.7 Å². The van der Waals surface area contributed by atoms with Crippen molar-refractivity contribution in [3.8, 4) is 11.5 Å². The quantitative estimate of drug-likeness (QED) is 0.569. The fourth-order valence-corrected chi connectivity index (χ4v) is 3.55. The van der Waals surface area contributed by atoms with Gasteiger partial charge < -0.3 is 4.42 Å². The molecule has 24 heavy (non-hydrogen) atoms. The monoisotopic (exact) mass is 393 g/mol. The lowest BCUT2D eigenvalue weighted by atomic mass is 10.2. The summed E-state index contributed by atoms with van der Waals surface area (Å²) in [5, 5.41) is 11.1. The first-order valence-corrected chi connectivity index (χ1v) is 9.73. The molecule has 0 saturated heterocycles. The Hall–Kier alpha value is -1.11. The largest absolute Gasteiger partial charge is 0.436 e. The lowest BCUT2D eigenvalue weighted by Crippen LogP contribution is -2.06. The van der Waals surface area contributed by atoms with Gasteiger partial charge in [-0.15, -0.1) is 5.10 Å². The van der Waals surface area contributed by atoms with E-state index >= 15 is 0 Å². The molecule has 1 N–H and O–H groups in total. The van der Waals surface area contributed by atoms with E-state index in [1.54, 1.807) is 18.2 Å². The topological polar surface area (TPSA) is 86.5 Å². The fraction of sp³-hybridized carbons (Fsp3) is 0.429. The van der Waals surface area contributed by atoms with Crippen molar-refractivity contribution in [3.05, 3.63) is 28.2 Å². The number of rotatable bonds is 9. The SMILES string of the molecule is CCCOP(=O)(Nc1nnc(-c2ccc(Cl)cc2Cl)o1)OCCC. The zero-order valence-corrected chi connectivity index (χ0v) is 15.7. The number of hydrogen-bond acceptors (Lipinski definition) is 6. The third-order valence-corrected chi connectivity index (χ3v) is 4.81. The molecule has 7 nitrogen and oxygen atoms in total. The average Bonchev–Trinajstić information content (AvgIpc) is 2.99. The van der Waals surface area contributed by atoms with E-state index in [0.29, 0.717) is 28.5 Å². The van der Waals surface area contributed by atoms with Gasteiger partial charge in [-0.1, -0.05) is 42.1 Å². The minimum atomic E-state index is -3.57. The molecule has 0 atom stereocenters. The highest BCUT2D eigenvalue weighted by atomic mass is 35.5. The number of benzene rings is 1. The molecule has 1 aromatic heterocycles. The van der Waals surface area contributed by atoms with Gasteiger partial charge in [0.1, 0.15) is 0 Å². The van der Waals surface area contributed by atoms with Crippen LogP contribution in [-0.4, -0.2) is 23.4 Å². The molecule has 0 amide bonds. The minimum absolute atomic E-state index is 0.0773. The highest BCUT2D eigenvalue weighted by Crippen LogP contribution is 2.48. The Morgan fingerprint density at radius 1 is 1.17 bits per heavy atom. The van der Waals surface area contributed by atoms with Gasteiger partial charge in [-0.25, -0.2) is 9.65 Å². The van der Waals surface area contributed by atoms with Crippen LogP contribution in [0.25, 0.3) is 11.5 Å². The van der Waals surface area contributed by atoms with Crippen LogP contribution in [0.2, 0.25) is 10.0 Å². The van der Waals surface area contributed by atoms with Crippen molar-refractivity contribution in [1.82, 2.24) is 10.2 Å². The van der Waals surface area contributed by atoms with Crippen LogP contribution < -0.4 is 5.09 Å². The Kier molecular flexibility index (Phi) is 7.07. The molecule has 0 fully saturated rings. The first kappa shape index (κ1) is 19.2.